The summed E-state index contributed by atoms with van der Waals surface area (Å²) in [6.45, 7) is 0.512. The molecule has 0 atom stereocenters. The van der Waals surface area contributed by atoms with Crippen LogP contribution in [0.4, 0.5) is 0 Å². The smallest absolute Gasteiger partial charge is 0.175 e. The number of rotatable bonds is 5. The zero-order valence-corrected chi connectivity index (χ0v) is 20.8. The molecule has 7 rings (SSSR count). The van der Waals surface area contributed by atoms with Crippen LogP contribution in [-0.4, -0.2) is 25.1 Å². The van der Waals surface area contributed by atoms with Crippen molar-refractivity contribution in [2.24, 2.45) is 5.73 Å². The van der Waals surface area contributed by atoms with Gasteiger partial charge in [0.1, 0.15) is 5.69 Å². The summed E-state index contributed by atoms with van der Waals surface area (Å²) >= 11 is 0. The lowest BCUT2D eigenvalue weighted by atomic mass is 9.96. The number of hydrogen-bond acceptors (Lipinski definition) is 5. The predicted octanol–water partition coefficient (Wildman–Crippen LogP) is 6.09. The molecule has 0 amide bonds. The number of fused-ring (bicyclic) bond motifs is 2. The molecule has 0 spiro atoms. The third-order valence-corrected chi connectivity index (χ3v) is 7.43. The molecule has 0 fully saturated rings. The summed E-state index contributed by atoms with van der Waals surface area (Å²) in [6.07, 6.45) is 3.71. The third-order valence-electron chi connectivity index (χ3n) is 7.43. The zero-order chi connectivity index (χ0) is 25.5. The van der Waals surface area contributed by atoms with E-state index in [1.54, 1.807) is 6.20 Å². The molecule has 0 radical (unpaired) electrons. The minimum absolute atomic E-state index is 0.272. The first-order valence-corrected chi connectivity index (χ1v) is 12.9. The molecule has 3 heterocycles. The van der Waals surface area contributed by atoms with E-state index in [0.29, 0.717) is 12.4 Å². The summed E-state index contributed by atoms with van der Waals surface area (Å²) in [4.78, 5) is 14.8. The third kappa shape index (κ3) is 3.96. The monoisotopic (exact) mass is 494 g/mol. The molecule has 38 heavy (non-hydrogen) atoms. The zero-order valence-electron chi connectivity index (χ0n) is 20.8. The largest absolute Gasteiger partial charge is 0.326 e. The fraction of sp³-hybridized carbons (Fsp3) is 0.125. The van der Waals surface area contributed by atoms with Crippen LogP contribution in [0.1, 0.15) is 28.4 Å². The highest BCUT2D eigenvalue weighted by Crippen LogP contribution is 2.37. The highest BCUT2D eigenvalue weighted by Gasteiger charge is 2.26. The molecular weight excluding hydrogens is 468 g/mol. The number of aromatic nitrogens is 5. The standard InChI is InChI=1S/C32H26N6/c33-19-20-10-12-22(13-11-20)29-26(21-6-2-1-3-7-21)18-27-28(35-29)14-15-34-30(27)32-36-31(37-38-32)25-16-23-8-4-5-9-24(23)17-25/h1-15,18,25H,16-17,19,33H2,(H,36,37,38). The molecule has 0 saturated heterocycles. The number of pyridine rings is 2. The van der Waals surface area contributed by atoms with Gasteiger partial charge in [-0.1, -0.05) is 78.9 Å². The summed E-state index contributed by atoms with van der Waals surface area (Å²) in [5, 5.41) is 8.73. The van der Waals surface area contributed by atoms with Gasteiger partial charge in [0.25, 0.3) is 0 Å². The highest BCUT2D eigenvalue weighted by atomic mass is 15.2. The quantitative estimate of drug-likeness (QED) is 0.302. The number of hydrogen-bond donors (Lipinski definition) is 2. The highest BCUT2D eigenvalue weighted by molar-refractivity contribution is 5.97. The molecule has 3 aromatic carbocycles. The Balaban J connectivity index is 1.34. The Bertz CT molecular complexity index is 1730. The van der Waals surface area contributed by atoms with Gasteiger partial charge in [-0.05, 0) is 47.2 Å². The van der Waals surface area contributed by atoms with Gasteiger partial charge in [-0.15, -0.1) is 0 Å². The Labute approximate surface area is 220 Å². The van der Waals surface area contributed by atoms with Crippen molar-refractivity contribution in [2.75, 3.05) is 0 Å². The van der Waals surface area contributed by atoms with Gasteiger partial charge >= 0.3 is 0 Å². The second-order valence-corrected chi connectivity index (χ2v) is 9.79. The molecule has 3 aromatic heterocycles. The Kier molecular flexibility index (Phi) is 5.52. The van der Waals surface area contributed by atoms with Gasteiger partial charge in [0.05, 0.1) is 11.2 Å². The first-order chi connectivity index (χ1) is 18.8. The maximum Gasteiger partial charge on any atom is 0.175 e. The second kappa shape index (κ2) is 9.32. The fourth-order valence-corrected chi connectivity index (χ4v) is 5.45. The maximum absolute atomic E-state index is 5.83. The Morgan fingerprint density at radius 3 is 2.24 bits per heavy atom. The molecule has 1 aliphatic carbocycles. The van der Waals surface area contributed by atoms with E-state index in [4.69, 9.17) is 20.7 Å². The molecule has 0 unspecified atom stereocenters. The molecular formula is C32H26N6. The van der Waals surface area contributed by atoms with Gasteiger partial charge < -0.3 is 5.73 Å². The normalized spacial score (nSPS) is 13.2. The minimum atomic E-state index is 0.272. The number of benzene rings is 3. The Hall–Kier alpha value is -4.68. The second-order valence-electron chi connectivity index (χ2n) is 9.79. The SMILES string of the molecule is NCc1ccc(-c2nc3ccnc(-c4nc(C5Cc6ccccc6C5)n[nH]4)c3cc2-c2ccccc2)cc1. The molecule has 0 bridgehead atoms. The van der Waals surface area contributed by atoms with Crippen LogP contribution in [0.3, 0.4) is 0 Å². The van der Waals surface area contributed by atoms with Crippen LogP contribution >= 0.6 is 0 Å². The van der Waals surface area contributed by atoms with Crippen molar-refractivity contribution in [3.05, 3.63) is 120 Å². The van der Waals surface area contributed by atoms with Crippen molar-refractivity contribution in [1.29, 1.82) is 0 Å². The first kappa shape index (κ1) is 22.5. The molecule has 184 valence electrons. The van der Waals surface area contributed by atoms with Crippen LogP contribution in [0.15, 0.2) is 97.2 Å². The van der Waals surface area contributed by atoms with E-state index < -0.39 is 0 Å². The average Bonchev–Trinajstić information content (AvgIpc) is 3.64. The molecule has 0 saturated carbocycles. The Morgan fingerprint density at radius 2 is 1.50 bits per heavy atom. The van der Waals surface area contributed by atoms with Crippen LogP contribution in [-0.2, 0) is 19.4 Å². The van der Waals surface area contributed by atoms with Crippen molar-refractivity contribution in [3.63, 3.8) is 0 Å². The molecule has 3 N–H and O–H groups in total. The summed E-state index contributed by atoms with van der Waals surface area (Å²) < 4.78 is 0. The van der Waals surface area contributed by atoms with E-state index in [0.717, 1.165) is 63.2 Å². The Morgan fingerprint density at radius 1 is 0.763 bits per heavy atom. The van der Waals surface area contributed by atoms with E-state index in [-0.39, 0.29) is 5.92 Å². The van der Waals surface area contributed by atoms with Gasteiger partial charge in [0, 0.05) is 35.2 Å². The number of nitrogens with two attached hydrogens (primary N) is 1. The van der Waals surface area contributed by atoms with Crippen molar-refractivity contribution in [3.8, 4) is 33.9 Å². The molecule has 6 heteroatoms. The summed E-state index contributed by atoms with van der Waals surface area (Å²) in [7, 11) is 0. The molecule has 6 nitrogen and oxygen atoms in total. The lowest BCUT2D eigenvalue weighted by molar-refractivity contribution is 0.686. The van der Waals surface area contributed by atoms with Crippen molar-refractivity contribution in [2.45, 2.75) is 25.3 Å². The van der Waals surface area contributed by atoms with Crippen molar-refractivity contribution < 1.29 is 0 Å². The molecule has 0 aliphatic heterocycles. The van der Waals surface area contributed by atoms with E-state index in [1.165, 1.54) is 11.1 Å². The van der Waals surface area contributed by atoms with Gasteiger partial charge in [-0.25, -0.2) is 9.97 Å². The van der Waals surface area contributed by atoms with Crippen LogP contribution in [0, 0.1) is 0 Å². The van der Waals surface area contributed by atoms with Gasteiger partial charge in [-0.2, -0.15) is 5.10 Å². The lowest BCUT2D eigenvalue weighted by Crippen LogP contribution is -2.00. The van der Waals surface area contributed by atoms with Crippen LogP contribution in [0.5, 0.6) is 0 Å². The number of nitrogens with zero attached hydrogens (tertiary/aromatic N) is 4. The van der Waals surface area contributed by atoms with Crippen LogP contribution in [0.25, 0.3) is 44.8 Å². The molecule has 1 aliphatic rings. The van der Waals surface area contributed by atoms with Gasteiger partial charge in [0.2, 0.25) is 0 Å². The van der Waals surface area contributed by atoms with Crippen LogP contribution in [0.2, 0.25) is 0 Å². The van der Waals surface area contributed by atoms with Gasteiger partial charge in [0.15, 0.2) is 11.6 Å². The lowest BCUT2D eigenvalue weighted by Gasteiger charge is -2.13. The van der Waals surface area contributed by atoms with Crippen molar-refractivity contribution in [1.82, 2.24) is 25.1 Å². The number of H-pyrrole nitrogens is 1. The van der Waals surface area contributed by atoms with E-state index in [2.05, 4.69) is 76.9 Å². The summed E-state index contributed by atoms with van der Waals surface area (Å²) in [5.74, 6) is 1.78. The van der Waals surface area contributed by atoms with Crippen LogP contribution < -0.4 is 5.73 Å². The van der Waals surface area contributed by atoms with Crippen molar-refractivity contribution >= 4 is 10.9 Å². The van der Waals surface area contributed by atoms with E-state index in [1.807, 2.05) is 24.3 Å². The number of aromatic amines is 1. The van der Waals surface area contributed by atoms with E-state index in [9.17, 15) is 0 Å². The average molecular weight is 495 g/mol. The summed E-state index contributed by atoms with van der Waals surface area (Å²) in [5.41, 5.74) is 15.4. The predicted molar refractivity (Wildman–Crippen MR) is 150 cm³/mol. The first-order valence-electron chi connectivity index (χ1n) is 12.9. The minimum Gasteiger partial charge on any atom is -0.326 e. The fourth-order valence-electron chi connectivity index (χ4n) is 5.45. The topological polar surface area (TPSA) is 93.4 Å². The van der Waals surface area contributed by atoms with Gasteiger partial charge in [-0.3, -0.25) is 10.1 Å². The van der Waals surface area contributed by atoms with E-state index >= 15 is 0 Å². The summed E-state index contributed by atoms with van der Waals surface area (Å²) in [6, 6.07) is 31.4. The molecule has 6 aromatic rings. The number of nitrogens with one attached hydrogen (secondary N) is 1. The maximum atomic E-state index is 5.83.